The van der Waals surface area contributed by atoms with Crippen LogP contribution in [0.3, 0.4) is 0 Å². The van der Waals surface area contributed by atoms with Crippen LogP contribution in [0.2, 0.25) is 5.02 Å². The number of alkyl halides is 3. The molecule has 0 radical (unpaired) electrons. The molecule has 2 aromatic carbocycles. The van der Waals surface area contributed by atoms with Gasteiger partial charge in [-0.1, -0.05) is 42.0 Å². The van der Waals surface area contributed by atoms with Crippen LogP contribution in [-0.4, -0.2) is 6.29 Å². The van der Waals surface area contributed by atoms with Gasteiger partial charge in [-0.2, -0.15) is 13.2 Å². The minimum Gasteiger partial charge on any atom is -0.298 e. The maximum Gasteiger partial charge on any atom is 0.416 e. The van der Waals surface area contributed by atoms with Crippen LogP contribution in [0.1, 0.15) is 32.6 Å². The van der Waals surface area contributed by atoms with Crippen molar-refractivity contribution in [1.29, 1.82) is 0 Å². The number of carbonyl (C=O) groups is 1. The monoisotopic (exact) mass is 324 g/mol. The van der Waals surface area contributed by atoms with E-state index in [1.165, 1.54) is 12.1 Å². The van der Waals surface area contributed by atoms with Crippen LogP contribution in [0.5, 0.6) is 0 Å². The zero-order valence-corrected chi connectivity index (χ0v) is 12.4. The normalized spacial score (nSPS) is 11.9. The molecule has 2 rings (SSSR count). The molecule has 0 amide bonds. The van der Waals surface area contributed by atoms with Crippen molar-refractivity contribution in [2.75, 3.05) is 0 Å². The Hall–Kier alpha value is -2.07. The Kier molecular flexibility index (Phi) is 4.71. The van der Waals surface area contributed by atoms with Gasteiger partial charge >= 0.3 is 6.18 Å². The molecule has 0 saturated carbocycles. The third-order valence-electron chi connectivity index (χ3n) is 3.27. The lowest BCUT2D eigenvalue weighted by molar-refractivity contribution is -0.137. The fourth-order valence-electron chi connectivity index (χ4n) is 2.03. The second-order valence-electron chi connectivity index (χ2n) is 4.75. The van der Waals surface area contributed by atoms with E-state index in [4.69, 9.17) is 11.6 Å². The van der Waals surface area contributed by atoms with Gasteiger partial charge in [0.05, 0.1) is 5.56 Å². The van der Waals surface area contributed by atoms with Gasteiger partial charge in [-0.05, 0) is 41.8 Å². The molecule has 0 N–H and O–H groups in total. The SMILES string of the molecule is Cc1c(Cl)cccc1/C=C/c1cc(C=O)ccc1C(F)(F)F. The van der Waals surface area contributed by atoms with E-state index < -0.39 is 11.7 Å². The van der Waals surface area contributed by atoms with Gasteiger partial charge in [0, 0.05) is 10.6 Å². The van der Waals surface area contributed by atoms with Crippen molar-refractivity contribution >= 4 is 30.0 Å². The quantitative estimate of drug-likeness (QED) is 0.526. The highest BCUT2D eigenvalue weighted by Crippen LogP contribution is 2.33. The molecule has 2 aromatic rings. The lowest BCUT2D eigenvalue weighted by atomic mass is 10.0. The number of rotatable bonds is 3. The molecular formula is C17H12ClF3O. The first-order valence-corrected chi connectivity index (χ1v) is 6.80. The smallest absolute Gasteiger partial charge is 0.298 e. The van der Waals surface area contributed by atoms with Crippen molar-refractivity contribution in [1.82, 2.24) is 0 Å². The Bertz CT molecular complexity index is 733. The predicted molar refractivity (Wildman–Crippen MR) is 81.9 cm³/mol. The van der Waals surface area contributed by atoms with Gasteiger partial charge in [-0.25, -0.2) is 0 Å². The number of hydrogen-bond acceptors (Lipinski definition) is 1. The fraction of sp³-hybridized carbons (Fsp3) is 0.118. The molecule has 0 unspecified atom stereocenters. The van der Waals surface area contributed by atoms with E-state index in [0.29, 0.717) is 11.3 Å². The van der Waals surface area contributed by atoms with Crippen molar-refractivity contribution in [2.45, 2.75) is 13.1 Å². The number of halogens is 4. The average molecular weight is 325 g/mol. The van der Waals surface area contributed by atoms with Crippen LogP contribution in [-0.2, 0) is 6.18 Å². The molecule has 0 aliphatic rings. The summed E-state index contributed by atoms with van der Waals surface area (Å²) in [6.07, 6.45) is -1.07. The van der Waals surface area contributed by atoms with E-state index in [2.05, 4.69) is 0 Å². The second-order valence-corrected chi connectivity index (χ2v) is 5.16. The second kappa shape index (κ2) is 6.36. The molecule has 0 aliphatic heterocycles. The first kappa shape index (κ1) is 16.3. The molecule has 0 aromatic heterocycles. The maximum absolute atomic E-state index is 13.0. The third-order valence-corrected chi connectivity index (χ3v) is 3.68. The van der Waals surface area contributed by atoms with Crippen LogP contribution in [0.25, 0.3) is 12.2 Å². The Morgan fingerprint density at radius 2 is 1.73 bits per heavy atom. The molecule has 114 valence electrons. The molecule has 0 atom stereocenters. The molecule has 0 spiro atoms. The van der Waals surface area contributed by atoms with E-state index >= 15 is 0 Å². The summed E-state index contributed by atoms with van der Waals surface area (Å²) >= 11 is 5.99. The molecule has 0 fully saturated rings. The van der Waals surface area contributed by atoms with Crippen LogP contribution >= 0.6 is 11.6 Å². The topological polar surface area (TPSA) is 17.1 Å². The van der Waals surface area contributed by atoms with Crippen LogP contribution in [0.15, 0.2) is 36.4 Å². The summed E-state index contributed by atoms with van der Waals surface area (Å²) in [6.45, 7) is 1.79. The van der Waals surface area contributed by atoms with Crippen molar-refractivity contribution in [2.24, 2.45) is 0 Å². The number of benzene rings is 2. The molecular weight excluding hydrogens is 313 g/mol. The average Bonchev–Trinajstić information content (AvgIpc) is 2.47. The lowest BCUT2D eigenvalue weighted by Gasteiger charge is -2.11. The Morgan fingerprint density at radius 1 is 1.05 bits per heavy atom. The molecule has 22 heavy (non-hydrogen) atoms. The van der Waals surface area contributed by atoms with Crippen LogP contribution in [0, 0.1) is 6.92 Å². The maximum atomic E-state index is 13.0. The Labute approximate surface area is 131 Å². The summed E-state index contributed by atoms with van der Waals surface area (Å²) in [5.74, 6) is 0. The van der Waals surface area contributed by atoms with Gasteiger partial charge in [-0.3, -0.25) is 4.79 Å². The summed E-state index contributed by atoms with van der Waals surface area (Å²) in [6, 6.07) is 8.47. The molecule has 0 heterocycles. The highest BCUT2D eigenvalue weighted by molar-refractivity contribution is 6.31. The van der Waals surface area contributed by atoms with Gasteiger partial charge < -0.3 is 0 Å². The van der Waals surface area contributed by atoms with Gasteiger partial charge in [0.25, 0.3) is 0 Å². The fourth-order valence-corrected chi connectivity index (χ4v) is 2.22. The number of carbonyl (C=O) groups excluding carboxylic acids is 1. The van der Waals surface area contributed by atoms with E-state index in [0.717, 1.165) is 23.3 Å². The molecule has 5 heteroatoms. The van der Waals surface area contributed by atoms with Crippen molar-refractivity contribution < 1.29 is 18.0 Å². The van der Waals surface area contributed by atoms with Crippen LogP contribution in [0.4, 0.5) is 13.2 Å². The Morgan fingerprint density at radius 3 is 2.36 bits per heavy atom. The summed E-state index contributed by atoms with van der Waals surface area (Å²) in [5.41, 5.74) is 0.846. The summed E-state index contributed by atoms with van der Waals surface area (Å²) in [5, 5.41) is 0.542. The molecule has 0 saturated heterocycles. The van der Waals surface area contributed by atoms with Gasteiger partial charge in [0.2, 0.25) is 0 Å². The predicted octanol–water partition coefficient (Wildman–Crippen LogP) is 5.65. The number of aldehydes is 1. The Balaban J connectivity index is 2.49. The zero-order chi connectivity index (χ0) is 16.3. The zero-order valence-electron chi connectivity index (χ0n) is 11.6. The highest BCUT2D eigenvalue weighted by atomic mass is 35.5. The van der Waals surface area contributed by atoms with Gasteiger partial charge in [-0.15, -0.1) is 0 Å². The minimum atomic E-state index is -4.48. The lowest BCUT2D eigenvalue weighted by Crippen LogP contribution is -2.07. The highest BCUT2D eigenvalue weighted by Gasteiger charge is 2.32. The van der Waals surface area contributed by atoms with Crippen molar-refractivity contribution in [3.8, 4) is 0 Å². The summed E-state index contributed by atoms with van der Waals surface area (Å²) in [7, 11) is 0. The van der Waals surface area contributed by atoms with E-state index in [9.17, 15) is 18.0 Å². The number of hydrogen-bond donors (Lipinski definition) is 0. The third kappa shape index (κ3) is 3.57. The molecule has 0 aliphatic carbocycles. The van der Waals surface area contributed by atoms with E-state index in [1.54, 1.807) is 31.2 Å². The van der Waals surface area contributed by atoms with Gasteiger partial charge in [0.1, 0.15) is 6.29 Å². The van der Waals surface area contributed by atoms with Crippen molar-refractivity contribution in [3.63, 3.8) is 0 Å². The first-order valence-electron chi connectivity index (χ1n) is 6.42. The van der Waals surface area contributed by atoms with Crippen LogP contribution < -0.4 is 0 Å². The standard InChI is InChI=1S/C17H12ClF3O/c1-11-13(3-2-4-16(11)18)6-7-14-9-12(10-22)5-8-15(14)17(19,20)21/h2-10H,1H3/b7-6+. The molecule has 0 bridgehead atoms. The van der Waals surface area contributed by atoms with E-state index in [1.807, 2.05) is 0 Å². The summed E-state index contributed by atoms with van der Waals surface area (Å²) in [4.78, 5) is 10.8. The van der Waals surface area contributed by atoms with E-state index in [-0.39, 0.29) is 11.1 Å². The largest absolute Gasteiger partial charge is 0.416 e. The molecule has 1 nitrogen and oxygen atoms in total. The van der Waals surface area contributed by atoms with Crippen molar-refractivity contribution in [3.05, 3.63) is 69.2 Å². The first-order chi connectivity index (χ1) is 10.3. The van der Waals surface area contributed by atoms with Gasteiger partial charge in [0.15, 0.2) is 0 Å². The summed E-state index contributed by atoms with van der Waals surface area (Å²) < 4.78 is 39.0. The minimum absolute atomic E-state index is 0.0588.